The van der Waals surface area contributed by atoms with Crippen molar-refractivity contribution < 1.29 is 9.13 Å². The molecule has 154 valence electrons. The van der Waals surface area contributed by atoms with Crippen LogP contribution < -0.4 is 15.6 Å². The summed E-state index contributed by atoms with van der Waals surface area (Å²) >= 11 is 5.27. The molecule has 2 N–H and O–H groups in total. The van der Waals surface area contributed by atoms with Gasteiger partial charge in [0, 0.05) is 38.3 Å². The molecule has 8 heteroatoms. The quantitative estimate of drug-likeness (QED) is 0.313. The van der Waals surface area contributed by atoms with Crippen LogP contribution >= 0.6 is 12.2 Å². The summed E-state index contributed by atoms with van der Waals surface area (Å²) in [7, 11) is 0. The average molecular weight is 408 g/mol. The second-order valence-electron chi connectivity index (χ2n) is 7.23. The Balaban J connectivity index is 1.41. The summed E-state index contributed by atoms with van der Waals surface area (Å²) in [6.45, 7) is 9.16. The third-order valence-electron chi connectivity index (χ3n) is 5.18. The fourth-order valence-electron chi connectivity index (χ4n) is 3.51. The minimum absolute atomic E-state index is 0.197. The number of hydrazone groups is 1. The molecule has 2 aliphatic rings. The van der Waals surface area contributed by atoms with Gasteiger partial charge < -0.3 is 15.0 Å². The third-order valence-corrected chi connectivity index (χ3v) is 5.41. The molecule has 0 radical (unpaired) electrons. The molecule has 2 fully saturated rings. The highest BCUT2D eigenvalue weighted by Crippen LogP contribution is 2.24. The fraction of sp³-hybridized carbons (Fsp3) is 0.600. The molecule has 0 aromatic heterocycles. The number of halogens is 1. The van der Waals surface area contributed by atoms with Crippen molar-refractivity contribution in [3.63, 3.8) is 0 Å². The normalized spacial score (nSPS) is 18.4. The van der Waals surface area contributed by atoms with E-state index in [4.69, 9.17) is 17.0 Å². The van der Waals surface area contributed by atoms with Crippen LogP contribution in [0.15, 0.2) is 23.3 Å². The lowest BCUT2D eigenvalue weighted by molar-refractivity contribution is 0.0376. The first-order valence-corrected chi connectivity index (χ1v) is 10.5. The van der Waals surface area contributed by atoms with Gasteiger partial charge in [0.2, 0.25) is 0 Å². The Labute approximate surface area is 172 Å². The zero-order valence-electron chi connectivity index (χ0n) is 16.5. The maximum absolute atomic E-state index is 14.5. The SMILES string of the molecule is C/C(=N/NC(=S)NCCCN1CCOCC1)c1ccc(N2CCCC2)c(F)c1. The monoisotopic (exact) mass is 407 g/mol. The van der Waals surface area contributed by atoms with Gasteiger partial charge in [0.1, 0.15) is 5.82 Å². The van der Waals surface area contributed by atoms with Gasteiger partial charge in [-0.3, -0.25) is 10.3 Å². The minimum Gasteiger partial charge on any atom is -0.379 e. The number of ether oxygens (including phenoxy) is 1. The Morgan fingerprint density at radius 3 is 2.68 bits per heavy atom. The van der Waals surface area contributed by atoms with Gasteiger partial charge >= 0.3 is 0 Å². The highest BCUT2D eigenvalue weighted by atomic mass is 32.1. The predicted octanol–water partition coefficient (Wildman–Crippen LogP) is 2.34. The van der Waals surface area contributed by atoms with E-state index in [2.05, 4.69) is 25.6 Å². The molecule has 6 nitrogen and oxygen atoms in total. The van der Waals surface area contributed by atoms with Gasteiger partial charge in [0.15, 0.2) is 5.11 Å². The molecule has 2 heterocycles. The van der Waals surface area contributed by atoms with E-state index in [0.717, 1.165) is 77.3 Å². The van der Waals surface area contributed by atoms with Crippen LogP contribution in [-0.4, -0.2) is 68.2 Å². The second-order valence-corrected chi connectivity index (χ2v) is 7.64. The fourth-order valence-corrected chi connectivity index (χ4v) is 3.66. The van der Waals surface area contributed by atoms with Crippen molar-refractivity contribution >= 4 is 28.7 Å². The summed E-state index contributed by atoms with van der Waals surface area (Å²) in [5, 5.41) is 7.93. The Bertz CT molecular complexity index is 687. The van der Waals surface area contributed by atoms with Crippen molar-refractivity contribution in [2.45, 2.75) is 26.2 Å². The number of benzene rings is 1. The molecule has 0 atom stereocenters. The van der Waals surface area contributed by atoms with Gasteiger partial charge in [-0.05, 0) is 57.1 Å². The predicted molar refractivity (Wildman–Crippen MR) is 116 cm³/mol. The molecule has 3 rings (SSSR count). The number of hydrogen-bond acceptors (Lipinski definition) is 5. The number of anilines is 1. The Morgan fingerprint density at radius 2 is 1.96 bits per heavy atom. The molecule has 0 aliphatic carbocycles. The lowest BCUT2D eigenvalue weighted by Crippen LogP contribution is -2.39. The number of thiocarbonyl (C=S) groups is 1. The molecule has 28 heavy (non-hydrogen) atoms. The van der Waals surface area contributed by atoms with E-state index < -0.39 is 0 Å². The summed E-state index contributed by atoms with van der Waals surface area (Å²) in [6.07, 6.45) is 3.26. The molecule has 1 aromatic carbocycles. The van der Waals surface area contributed by atoms with E-state index >= 15 is 0 Å². The van der Waals surface area contributed by atoms with Crippen LogP contribution in [0.5, 0.6) is 0 Å². The van der Waals surface area contributed by atoms with Crippen molar-refractivity contribution in [2.24, 2.45) is 5.10 Å². The number of nitrogens with one attached hydrogen (secondary N) is 2. The zero-order chi connectivity index (χ0) is 19.8. The van der Waals surface area contributed by atoms with Gasteiger partial charge in [-0.2, -0.15) is 5.10 Å². The molecule has 1 aromatic rings. The van der Waals surface area contributed by atoms with Crippen molar-refractivity contribution in [2.75, 3.05) is 57.4 Å². The maximum Gasteiger partial charge on any atom is 0.186 e. The molecule has 0 bridgehead atoms. The maximum atomic E-state index is 14.5. The molecular formula is C20H30FN5OS. The van der Waals surface area contributed by atoms with Crippen LogP contribution in [0.4, 0.5) is 10.1 Å². The summed E-state index contributed by atoms with van der Waals surface area (Å²) in [6, 6.07) is 5.31. The van der Waals surface area contributed by atoms with Gasteiger partial charge in [-0.15, -0.1) is 0 Å². The van der Waals surface area contributed by atoms with Crippen molar-refractivity contribution in [3.8, 4) is 0 Å². The summed E-state index contributed by atoms with van der Waals surface area (Å²) < 4.78 is 19.8. The van der Waals surface area contributed by atoms with Gasteiger partial charge in [-0.1, -0.05) is 6.07 Å². The van der Waals surface area contributed by atoms with E-state index in [1.165, 1.54) is 0 Å². The van der Waals surface area contributed by atoms with Crippen LogP contribution in [0.3, 0.4) is 0 Å². The number of rotatable bonds is 7. The average Bonchev–Trinajstić information content (AvgIpc) is 3.24. The zero-order valence-corrected chi connectivity index (χ0v) is 17.4. The first kappa shape index (κ1) is 21.0. The first-order valence-electron chi connectivity index (χ1n) is 10.1. The van der Waals surface area contributed by atoms with Gasteiger partial charge in [0.05, 0.1) is 24.6 Å². The van der Waals surface area contributed by atoms with E-state index in [1.807, 2.05) is 19.1 Å². The van der Waals surface area contributed by atoms with Crippen LogP contribution in [0.1, 0.15) is 31.7 Å². The first-order chi connectivity index (χ1) is 13.6. The highest BCUT2D eigenvalue weighted by Gasteiger charge is 2.16. The third kappa shape index (κ3) is 6.12. The molecule has 0 amide bonds. The smallest absolute Gasteiger partial charge is 0.186 e. The number of nitrogens with zero attached hydrogens (tertiary/aromatic N) is 3. The Morgan fingerprint density at radius 1 is 1.21 bits per heavy atom. The topological polar surface area (TPSA) is 52.1 Å². The standard InChI is InChI=1S/C20H30FN5OS/c1-16(17-5-6-19(18(21)15-17)26-9-2-3-10-26)23-24-20(28)22-7-4-8-25-11-13-27-14-12-25/h5-6,15H,2-4,7-14H2,1H3,(H2,22,24,28)/b23-16-. The van der Waals surface area contributed by atoms with E-state index in [0.29, 0.717) is 16.5 Å². The van der Waals surface area contributed by atoms with Crippen molar-refractivity contribution in [1.82, 2.24) is 15.6 Å². The van der Waals surface area contributed by atoms with Gasteiger partial charge in [0.25, 0.3) is 0 Å². The minimum atomic E-state index is -0.197. The lowest BCUT2D eigenvalue weighted by Gasteiger charge is -2.26. The second kappa shape index (κ2) is 10.7. The van der Waals surface area contributed by atoms with Gasteiger partial charge in [-0.25, -0.2) is 4.39 Å². The van der Waals surface area contributed by atoms with Crippen LogP contribution in [0, 0.1) is 5.82 Å². The molecule has 0 saturated carbocycles. The number of morpholine rings is 1. The van der Waals surface area contributed by atoms with Crippen molar-refractivity contribution in [1.29, 1.82) is 0 Å². The van der Waals surface area contributed by atoms with E-state index in [9.17, 15) is 4.39 Å². The van der Waals surface area contributed by atoms with Crippen molar-refractivity contribution in [3.05, 3.63) is 29.6 Å². The highest BCUT2D eigenvalue weighted by molar-refractivity contribution is 7.80. The molecule has 2 aliphatic heterocycles. The van der Waals surface area contributed by atoms with Crippen LogP contribution in [0.2, 0.25) is 0 Å². The Kier molecular flexibility index (Phi) is 8.00. The lowest BCUT2D eigenvalue weighted by atomic mass is 10.1. The summed E-state index contributed by atoms with van der Waals surface area (Å²) in [4.78, 5) is 4.49. The molecule has 0 spiro atoms. The molecule has 2 saturated heterocycles. The number of hydrogen-bond donors (Lipinski definition) is 2. The van der Waals surface area contributed by atoms with E-state index in [-0.39, 0.29) is 5.82 Å². The molecule has 0 unspecified atom stereocenters. The summed E-state index contributed by atoms with van der Waals surface area (Å²) in [5.41, 5.74) is 4.98. The van der Waals surface area contributed by atoms with Crippen LogP contribution in [0.25, 0.3) is 0 Å². The van der Waals surface area contributed by atoms with Crippen LogP contribution in [-0.2, 0) is 4.74 Å². The summed E-state index contributed by atoms with van der Waals surface area (Å²) in [5.74, 6) is -0.197. The molecular weight excluding hydrogens is 377 g/mol. The van der Waals surface area contributed by atoms with E-state index in [1.54, 1.807) is 6.07 Å². The Hall–Kier alpha value is -1.77. The largest absolute Gasteiger partial charge is 0.379 e.